The molecule has 0 unspecified atom stereocenters. The summed E-state index contributed by atoms with van der Waals surface area (Å²) in [7, 11) is -2.27. The van der Waals surface area contributed by atoms with E-state index in [9.17, 15) is 18.0 Å². The number of rotatable bonds is 7. The predicted molar refractivity (Wildman–Crippen MR) is 135 cm³/mol. The molecule has 2 amide bonds. The van der Waals surface area contributed by atoms with Crippen LogP contribution in [0.15, 0.2) is 52.7 Å². The Bertz CT molecular complexity index is 1340. The molecule has 0 saturated carbocycles. The van der Waals surface area contributed by atoms with Gasteiger partial charge < -0.3 is 9.80 Å². The van der Waals surface area contributed by atoms with Gasteiger partial charge in [-0.15, -0.1) is 11.3 Å². The average molecular weight is 540 g/mol. The van der Waals surface area contributed by atoms with Crippen molar-refractivity contribution in [1.82, 2.24) is 14.5 Å². The van der Waals surface area contributed by atoms with Crippen LogP contribution in [0, 0.1) is 0 Å². The van der Waals surface area contributed by atoms with Gasteiger partial charge in [0.25, 0.3) is 10.0 Å². The van der Waals surface area contributed by atoms with Crippen LogP contribution >= 0.6 is 34.5 Å². The molecule has 1 N–H and O–H groups in total. The molecular formula is C23H23Cl2N3O4S2. The third-order valence-electron chi connectivity index (χ3n) is 5.67. The fraction of sp³-hybridized carbons (Fsp3) is 0.304. The lowest BCUT2D eigenvalue weighted by molar-refractivity contribution is -0.142. The second-order valence-electron chi connectivity index (χ2n) is 8.16. The summed E-state index contributed by atoms with van der Waals surface area (Å²) in [5.74, 6) is -0.656. The van der Waals surface area contributed by atoms with Crippen LogP contribution in [0.2, 0.25) is 10.0 Å². The van der Waals surface area contributed by atoms with Crippen molar-refractivity contribution in [3.05, 3.63) is 64.1 Å². The van der Waals surface area contributed by atoms with Gasteiger partial charge in [0.15, 0.2) is 0 Å². The van der Waals surface area contributed by atoms with E-state index in [2.05, 4.69) is 4.72 Å². The van der Waals surface area contributed by atoms with Gasteiger partial charge in [-0.1, -0.05) is 47.5 Å². The normalized spacial score (nSPS) is 16.7. The maximum Gasteiger partial charge on any atom is 0.250 e. The number of halogens is 2. The third-order valence-corrected chi connectivity index (χ3v) is 9.32. The fourth-order valence-corrected chi connectivity index (χ4v) is 6.93. The second-order valence-corrected chi connectivity index (χ2v) is 12.0. The van der Waals surface area contributed by atoms with E-state index >= 15 is 0 Å². The minimum Gasteiger partial charge on any atom is -0.340 e. The molecule has 4 rings (SSSR count). The quantitative estimate of drug-likeness (QED) is 0.488. The number of carbonyl (C=O) groups is 2. The van der Waals surface area contributed by atoms with Gasteiger partial charge in [-0.25, -0.2) is 8.42 Å². The minimum atomic E-state index is -3.91. The Morgan fingerprint density at radius 3 is 2.74 bits per heavy atom. The topological polar surface area (TPSA) is 86.8 Å². The van der Waals surface area contributed by atoms with E-state index < -0.39 is 22.0 Å². The molecule has 1 atom stereocenters. The number of nitrogens with zero attached hydrogens (tertiary/aromatic N) is 2. The van der Waals surface area contributed by atoms with Crippen molar-refractivity contribution in [3.63, 3.8) is 0 Å². The van der Waals surface area contributed by atoms with Gasteiger partial charge in [-0.3, -0.25) is 9.59 Å². The number of amides is 2. The Hall–Kier alpha value is -2.17. The molecule has 180 valence electrons. The zero-order valence-corrected chi connectivity index (χ0v) is 21.5. The molecule has 3 aromatic rings. The summed E-state index contributed by atoms with van der Waals surface area (Å²) in [6.07, 6.45) is 0.956. The van der Waals surface area contributed by atoms with Crippen LogP contribution in [0.25, 0.3) is 10.1 Å². The molecule has 7 nitrogen and oxygen atoms in total. The molecule has 11 heteroatoms. The van der Waals surface area contributed by atoms with E-state index in [1.165, 1.54) is 9.80 Å². The first kappa shape index (κ1) is 24.9. The highest BCUT2D eigenvalue weighted by Gasteiger charge is 2.34. The van der Waals surface area contributed by atoms with Gasteiger partial charge in [-0.2, -0.15) is 4.72 Å². The highest BCUT2D eigenvalue weighted by Crippen LogP contribution is 2.31. The van der Waals surface area contributed by atoms with Gasteiger partial charge in [-0.05, 0) is 48.1 Å². The summed E-state index contributed by atoms with van der Waals surface area (Å²) in [6, 6.07) is 13.1. The van der Waals surface area contributed by atoms with Crippen LogP contribution in [-0.2, 0) is 26.2 Å². The zero-order valence-electron chi connectivity index (χ0n) is 18.3. The highest BCUT2D eigenvalue weighted by molar-refractivity contribution is 7.91. The summed E-state index contributed by atoms with van der Waals surface area (Å²) >= 11 is 13.3. The molecule has 2 aromatic carbocycles. The number of likely N-dealkylation sites (tertiary alicyclic amines) is 1. The molecule has 0 radical (unpaired) electrons. The van der Waals surface area contributed by atoms with Crippen molar-refractivity contribution in [2.45, 2.75) is 29.6 Å². The van der Waals surface area contributed by atoms with Crippen molar-refractivity contribution in [1.29, 1.82) is 0 Å². The minimum absolute atomic E-state index is 0.116. The van der Waals surface area contributed by atoms with Crippen LogP contribution in [0.4, 0.5) is 0 Å². The van der Waals surface area contributed by atoms with Gasteiger partial charge in [0.05, 0.1) is 6.54 Å². The highest BCUT2D eigenvalue weighted by atomic mass is 35.5. The largest absolute Gasteiger partial charge is 0.340 e. The lowest BCUT2D eigenvalue weighted by atomic mass is 10.1. The van der Waals surface area contributed by atoms with Crippen LogP contribution in [0.1, 0.15) is 18.4 Å². The summed E-state index contributed by atoms with van der Waals surface area (Å²) in [5, 5.41) is 1.85. The van der Waals surface area contributed by atoms with Gasteiger partial charge in [0.2, 0.25) is 11.8 Å². The fourth-order valence-electron chi connectivity index (χ4n) is 3.82. The standard InChI is InChI=1S/C23H23Cl2N3O4S2/c1-27(13-16-5-2-3-6-18(16)25)21(29)14-28-10-4-7-19(23(28)30)26-34(31,32)22-11-15-8-9-17(24)12-20(15)33-22/h2-3,5-6,8-9,11-12,19,26H,4,7,10,13-14H2,1H3/t19-/m0/s1. The Labute approximate surface area is 212 Å². The van der Waals surface area contributed by atoms with Crippen molar-refractivity contribution in [2.24, 2.45) is 0 Å². The molecule has 0 aliphatic carbocycles. The molecule has 1 saturated heterocycles. The third kappa shape index (κ3) is 5.55. The number of carbonyl (C=O) groups excluding carboxylic acids is 2. The SMILES string of the molecule is CN(Cc1ccccc1Cl)C(=O)CN1CCC[C@H](NS(=O)(=O)c2cc3ccc(Cl)cc3s2)C1=O. The first-order valence-electron chi connectivity index (χ1n) is 10.6. The molecule has 0 spiro atoms. The number of piperidine rings is 1. The second kappa shape index (κ2) is 10.2. The predicted octanol–water partition coefficient (Wildman–Crippen LogP) is 4.14. The molecule has 1 aliphatic rings. The molecule has 2 heterocycles. The molecule has 1 aliphatic heterocycles. The average Bonchev–Trinajstić information content (AvgIpc) is 3.22. The van der Waals surface area contributed by atoms with E-state index in [1.54, 1.807) is 37.4 Å². The summed E-state index contributed by atoms with van der Waals surface area (Å²) in [5.41, 5.74) is 0.806. The summed E-state index contributed by atoms with van der Waals surface area (Å²) < 4.78 is 29.4. The molecule has 1 fully saturated rings. The summed E-state index contributed by atoms with van der Waals surface area (Å²) in [4.78, 5) is 28.7. The smallest absolute Gasteiger partial charge is 0.250 e. The van der Waals surface area contributed by atoms with E-state index in [-0.39, 0.29) is 16.7 Å². The van der Waals surface area contributed by atoms with Crippen LogP contribution < -0.4 is 4.72 Å². The monoisotopic (exact) mass is 539 g/mol. The lowest BCUT2D eigenvalue weighted by Crippen LogP contribution is -2.54. The number of hydrogen-bond donors (Lipinski definition) is 1. The van der Waals surface area contributed by atoms with Crippen molar-refractivity contribution in [3.8, 4) is 0 Å². The number of hydrogen-bond acceptors (Lipinski definition) is 5. The summed E-state index contributed by atoms with van der Waals surface area (Å²) in [6.45, 7) is 0.579. The lowest BCUT2D eigenvalue weighted by Gasteiger charge is -2.33. The van der Waals surface area contributed by atoms with Crippen molar-refractivity contribution >= 4 is 66.5 Å². The van der Waals surface area contributed by atoms with E-state index in [1.807, 2.05) is 18.2 Å². The van der Waals surface area contributed by atoms with Crippen LogP contribution in [-0.4, -0.2) is 56.2 Å². The first-order chi connectivity index (χ1) is 16.1. The maximum atomic E-state index is 13.0. The molecule has 1 aromatic heterocycles. The van der Waals surface area contributed by atoms with Gasteiger partial charge in [0, 0.05) is 34.9 Å². The van der Waals surface area contributed by atoms with E-state index in [0.29, 0.717) is 36.0 Å². The molecular weight excluding hydrogens is 517 g/mol. The van der Waals surface area contributed by atoms with E-state index in [4.69, 9.17) is 23.2 Å². The molecule has 0 bridgehead atoms. The maximum absolute atomic E-state index is 13.0. The zero-order chi connectivity index (χ0) is 24.5. The van der Waals surface area contributed by atoms with E-state index in [0.717, 1.165) is 27.0 Å². The Kier molecular flexibility index (Phi) is 7.49. The molecule has 34 heavy (non-hydrogen) atoms. The Balaban J connectivity index is 1.41. The van der Waals surface area contributed by atoms with Crippen molar-refractivity contribution in [2.75, 3.05) is 20.1 Å². The number of fused-ring (bicyclic) bond motifs is 1. The number of thiophene rings is 1. The van der Waals surface area contributed by atoms with Crippen molar-refractivity contribution < 1.29 is 18.0 Å². The number of nitrogens with one attached hydrogen (secondary N) is 1. The first-order valence-corrected chi connectivity index (χ1v) is 13.7. The van der Waals surface area contributed by atoms with Gasteiger partial charge in [0.1, 0.15) is 10.3 Å². The van der Waals surface area contributed by atoms with Gasteiger partial charge >= 0.3 is 0 Å². The van der Waals surface area contributed by atoms with Crippen LogP contribution in [0.3, 0.4) is 0 Å². The number of likely N-dealkylation sites (N-methyl/N-ethyl adjacent to an activating group) is 1. The Morgan fingerprint density at radius 2 is 1.97 bits per heavy atom. The van der Waals surface area contributed by atoms with Crippen LogP contribution in [0.5, 0.6) is 0 Å². The Morgan fingerprint density at radius 1 is 1.21 bits per heavy atom. The number of benzene rings is 2. The number of sulfonamides is 1.